The van der Waals surface area contributed by atoms with Crippen molar-refractivity contribution in [1.82, 2.24) is 0 Å². The van der Waals surface area contributed by atoms with Gasteiger partial charge in [-0.1, -0.05) is 18.2 Å². The summed E-state index contributed by atoms with van der Waals surface area (Å²) in [5, 5.41) is 11.6. The van der Waals surface area contributed by atoms with Crippen LogP contribution in [0.15, 0.2) is 54.6 Å². The maximum atomic E-state index is 10.6. The fourth-order valence-electron chi connectivity index (χ4n) is 1.58. The molecule has 0 amide bonds. The van der Waals surface area contributed by atoms with E-state index in [4.69, 9.17) is 15.6 Å². The molecule has 2 aromatic rings. The minimum Gasteiger partial charge on any atom is -0.480 e. The van der Waals surface area contributed by atoms with E-state index in [1.807, 2.05) is 54.6 Å². The van der Waals surface area contributed by atoms with Crippen LogP contribution in [0.1, 0.15) is 0 Å². The van der Waals surface area contributed by atoms with Gasteiger partial charge >= 0.3 is 5.97 Å². The van der Waals surface area contributed by atoms with Gasteiger partial charge in [0.2, 0.25) is 0 Å². The second-order valence-electron chi connectivity index (χ2n) is 4.27. The molecule has 5 nitrogen and oxygen atoms in total. The molecule has 0 saturated carbocycles. The highest BCUT2D eigenvalue weighted by molar-refractivity contribution is 5.74. The first-order chi connectivity index (χ1) is 9.65. The predicted octanol–water partition coefficient (Wildman–Crippen LogP) is 2.30. The van der Waals surface area contributed by atoms with Crippen molar-refractivity contribution in [3.8, 4) is 11.5 Å². The van der Waals surface area contributed by atoms with E-state index in [0.717, 1.165) is 11.4 Å². The van der Waals surface area contributed by atoms with Crippen LogP contribution in [0.3, 0.4) is 0 Å². The number of hydrogen-bond acceptors (Lipinski definition) is 4. The van der Waals surface area contributed by atoms with Gasteiger partial charge in [0.25, 0.3) is 0 Å². The highest BCUT2D eigenvalue weighted by Crippen LogP contribution is 2.22. The molecule has 5 heteroatoms. The molecule has 2 aromatic carbocycles. The summed E-state index contributed by atoms with van der Waals surface area (Å²) in [5.74, 6) is 0.451. The number of nitrogens with two attached hydrogens (primary N) is 1. The Morgan fingerprint density at radius 2 is 1.70 bits per heavy atom. The Hall–Kier alpha value is -2.53. The summed E-state index contributed by atoms with van der Waals surface area (Å²) in [6, 6.07) is 15.8. The SMILES string of the molecule is NC(CNc1ccc(Oc2ccccc2)cc1)C(=O)O. The number of carboxylic acid groups (broad SMARTS) is 1. The Morgan fingerprint density at radius 1 is 1.10 bits per heavy atom. The summed E-state index contributed by atoms with van der Waals surface area (Å²) in [5.41, 5.74) is 6.20. The summed E-state index contributed by atoms with van der Waals surface area (Å²) in [6.07, 6.45) is 0. The van der Waals surface area contributed by atoms with E-state index in [0.29, 0.717) is 5.75 Å². The summed E-state index contributed by atoms with van der Waals surface area (Å²) < 4.78 is 5.65. The van der Waals surface area contributed by atoms with Crippen LogP contribution in [-0.4, -0.2) is 23.7 Å². The Kier molecular flexibility index (Phi) is 4.57. The number of rotatable bonds is 6. The Morgan fingerprint density at radius 3 is 2.30 bits per heavy atom. The van der Waals surface area contributed by atoms with Crippen molar-refractivity contribution in [2.24, 2.45) is 5.73 Å². The van der Waals surface area contributed by atoms with Crippen molar-refractivity contribution >= 4 is 11.7 Å². The average Bonchev–Trinajstić information content (AvgIpc) is 2.47. The van der Waals surface area contributed by atoms with Crippen LogP contribution in [0.25, 0.3) is 0 Å². The van der Waals surface area contributed by atoms with Crippen LogP contribution in [0, 0.1) is 0 Å². The van der Waals surface area contributed by atoms with Crippen molar-refractivity contribution < 1.29 is 14.6 Å². The van der Waals surface area contributed by atoms with Crippen LogP contribution in [-0.2, 0) is 4.79 Å². The quantitative estimate of drug-likeness (QED) is 0.751. The molecule has 0 bridgehead atoms. The van der Waals surface area contributed by atoms with E-state index in [1.54, 1.807) is 0 Å². The molecule has 0 heterocycles. The van der Waals surface area contributed by atoms with Gasteiger partial charge in [-0.25, -0.2) is 0 Å². The first kappa shape index (κ1) is 13.9. The number of para-hydroxylation sites is 1. The van der Waals surface area contributed by atoms with Crippen molar-refractivity contribution in [3.63, 3.8) is 0 Å². The van der Waals surface area contributed by atoms with Crippen LogP contribution >= 0.6 is 0 Å². The second-order valence-corrected chi connectivity index (χ2v) is 4.27. The minimum absolute atomic E-state index is 0.175. The fraction of sp³-hybridized carbons (Fsp3) is 0.133. The topological polar surface area (TPSA) is 84.6 Å². The molecule has 0 saturated heterocycles. The molecule has 0 aliphatic rings. The van der Waals surface area contributed by atoms with Gasteiger partial charge in [-0.3, -0.25) is 4.79 Å². The van der Waals surface area contributed by atoms with Gasteiger partial charge in [0.15, 0.2) is 0 Å². The van der Waals surface area contributed by atoms with Gasteiger partial charge < -0.3 is 20.9 Å². The molecular weight excluding hydrogens is 256 g/mol. The zero-order chi connectivity index (χ0) is 14.4. The van der Waals surface area contributed by atoms with Gasteiger partial charge in [-0.15, -0.1) is 0 Å². The third-order valence-corrected chi connectivity index (χ3v) is 2.68. The molecule has 2 rings (SSSR count). The number of hydrogen-bond donors (Lipinski definition) is 3. The molecule has 1 atom stereocenters. The summed E-state index contributed by atoms with van der Waals surface area (Å²) in [6.45, 7) is 0.175. The van der Waals surface area contributed by atoms with E-state index >= 15 is 0 Å². The molecule has 0 spiro atoms. The molecule has 0 radical (unpaired) electrons. The Labute approximate surface area is 117 Å². The Bertz CT molecular complexity index is 555. The van der Waals surface area contributed by atoms with Crippen LogP contribution in [0.2, 0.25) is 0 Å². The third kappa shape index (κ3) is 4.00. The molecular formula is C15H16N2O3. The molecule has 0 aromatic heterocycles. The Balaban J connectivity index is 1.91. The zero-order valence-corrected chi connectivity index (χ0v) is 10.8. The van der Waals surface area contributed by atoms with Crippen molar-refractivity contribution in [1.29, 1.82) is 0 Å². The lowest BCUT2D eigenvalue weighted by Gasteiger charge is -2.10. The highest BCUT2D eigenvalue weighted by atomic mass is 16.5. The van der Waals surface area contributed by atoms with Crippen LogP contribution < -0.4 is 15.8 Å². The number of benzene rings is 2. The maximum Gasteiger partial charge on any atom is 0.322 e. The van der Waals surface area contributed by atoms with E-state index in [2.05, 4.69) is 5.32 Å². The zero-order valence-electron chi connectivity index (χ0n) is 10.8. The summed E-state index contributed by atoms with van der Waals surface area (Å²) >= 11 is 0. The smallest absolute Gasteiger partial charge is 0.322 e. The van der Waals surface area contributed by atoms with Crippen LogP contribution in [0.5, 0.6) is 11.5 Å². The molecule has 4 N–H and O–H groups in total. The van der Waals surface area contributed by atoms with E-state index in [-0.39, 0.29) is 6.54 Å². The van der Waals surface area contributed by atoms with Crippen molar-refractivity contribution in [2.75, 3.05) is 11.9 Å². The second kappa shape index (κ2) is 6.58. The molecule has 1 unspecified atom stereocenters. The highest BCUT2D eigenvalue weighted by Gasteiger charge is 2.10. The standard InChI is InChI=1S/C15H16N2O3/c16-14(15(18)19)10-17-11-6-8-13(9-7-11)20-12-4-2-1-3-5-12/h1-9,14,17H,10,16H2,(H,18,19). The van der Waals surface area contributed by atoms with Gasteiger partial charge in [-0.2, -0.15) is 0 Å². The minimum atomic E-state index is -1.03. The summed E-state index contributed by atoms with van der Waals surface area (Å²) in [7, 11) is 0. The van der Waals surface area contributed by atoms with Gasteiger partial charge in [-0.05, 0) is 36.4 Å². The summed E-state index contributed by atoms with van der Waals surface area (Å²) in [4.78, 5) is 10.6. The predicted molar refractivity (Wildman–Crippen MR) is 77.1 cm³/mol. The van der Waals surface area contributed by atoms with E-state index in [9.17, 15) is 4.79 Å². The lowest BCUT2D eigenvalue weighted by atomic mass is 10.2. The first-order valence-corrected chi connectivity index (χ1v) is 6.20. The average molecular weight is 272 g/mol. The lowest BCUT2D eigenvalue weighted by Crippen LogP contribution is -2.36. The number of nitrogens with one attached hydrogen (secondary N) is 1. The molecule has 0 aliphatic carbocycles. The van der Waals surface area contributed by atoms with Crippen LogP contribution in [0.4, 0.5) is 5.69 Å². The van der Waals surface area contributed by atoms with Crippen molar-refractivity contribution in [3.05, 3.63) is 54.6 Å². The molecule has 104 valence electrons. The third-order valence-electron chi connectivity index (χ3n) is 2.68. The van der Waals surface area contributed by atoms with Gasteiger partial charge in [0, 0.05) is 12.2 Å². The molecule has 20 heavy (non-hydrogen) atoms. The van der Waals surface area contributed by atoms with Crippen molar-refractivity contribution in [2.45, 2.75) is 6.04 Å². The number of carboxylic acids is 1. The number of aliphatic carboxylic acids is 1. The maximum absolute atomic E-state index is 10.6. The molecule has 0 aliphatic heterocycles. The van der Waals surface area contributed by atoms with Gasteiger partial charge in [0.05, 0.1) is 0 Å². The van der Waals surface area contributed by atoms with Gasteiger partial charge in [0.1, 0.15) is 17.5 Å². The largest absolute Gasteiger partial charge is 0.480 e. The van der Waals surface area contributed by atoms with E-state index in [1.165, 1.54) is 0 Å². The monoisotopic (exact) mass is 272 g/mol. The number of ether oxygens (including phenoxy) is 1. The van der Waals surface area contributed by atoms with E-state index < -0.39 is 12.0 Å². The lowest BCUT2D eigenvalue weighted by molar-refractivity contribution is -0.138. The number of carbonyl (C=O) groups is 1. The normalized spacial score (nSPS) is 11.7. The molecule has 0 fully saturated rings. The first-order valence-electron chi connectivity index (χ1n) is 6.20. The number of anilines is 1. The fourth-order valence-corrected chi connectivity index (χ4v) is 1.58.